The number of phosphoric ester groups is 2. The predicted molar refractivity (Wildman–Crippen MR) is 349 cm³/mol. The summed E-state index contributed by atoms with van der Waals surface area (Å²) in [5.41, 5.74) is 0. The molecule has 0 fully saturated rings. The van der Waals surface area contributed by atoms with Crippen LogP contribution in [0.3, 0.4) is 0 Å². The maximum atomic E-state index is 13.0. The van der Waals surface area contributed by atoms with Gasteiger partial charge in [0.15, 0.2) is 12.2 Å². The Morgan fingerprint density at radius 2 is 0.483 bits per heavy atom. The van der Waals surface area contributed by atoms with E-state index in [1.54, 1.807) is 0 Å². The van der Waals surface area contributed by atoms with Gasteiger partial charge in [-0.05, 0) is 49.4 Å². The summed E-state index contributed by atoms with van der Waals surface area (Å²) in [6.45, 7) is 14.0. The molecular weight excluding hydrogens is 1150 g/mol. The third-order valence-electron chi connectivity index (χ3n) is 15.6. The van der Waals surface area contributed by atoms with Gasteiger partial charge in [-0.25, -0.2) is 9.13 Å². The second kappa shape index (κ2) is 57.9. The molecule has 17 nitrogen and oxygen atoms in total. The first-order chi connectivity index (χ1) is 41.6. The van der Waals surface area contributed by atoms with Crippen molar-refractivity contribution in [3.05, 3.63) is 0 Å². The fraction of sp³-hybridized carbons (Fsp3) is 0.941. The molecule has 0 amide bonds. The summed E-state index contributed by atoms with van der Waals surface area (Å²) < 4.78 is 68.1. The summed E-state index contributed by atoms with van der Waals surface area (Å²) in [5, 5.41) is 10.6. The van der Waals surface area contributed by atoms with Crippen LogP contribution in [0.2, 0.25) is 0 Å². The average molecular weight is 1280 g/mol. The smallest absolute Gasteiger partial charge is 0.462 e. The molecule has 0 aromatic carbocycles. The van der Waals surface area contributed by atoms with Gasteiger partial charge in [0, 0.05) is 25.7 Å². The van der Waals surface area contributed by atoms with Crippen molar-refractivity contribution < 1.29 is 80.2 Å². The average Bonchev–Trinajstić information content (AvgIpc) is 3.66. The molecule has 0 spiro atoms. The topological polar surface area (TPSA) is 237 Å². The SMILES string of the molecule is CC(C)CCCCCCCCCCCCCCCCC(=O)O[C@H](COC(=O)CCCCCCCCCCCC(C)C)COP(=O)(O)OC[C@@H](O)COP(=O)(O)OC[C@@H](COC(=O)CCCCCCCCC(C)C)OC(=O)CCCCCCCCC(C)C. The molecule has 3 N–H and O–H groups in total. The summed E-state index contributed by atoms with van der Waals surface area (Å²) in [6, 6.07) is 0. The van der Waals surface area contributed by atoms with Crippen LogP contribution in [-0.4, -0.2) is 96.7 Å². The number of ether oxygens (including phenoxy) is 4. The van der Waals surface area contributed by atoms with Crippen molar-refractivity contribution in [1.29, 1.82) is 0 Å². The standard InChI is InChI=1S/C68H132O17P2/c1-58(2)44-36-28-20-16-13-11-9-10-12-14-18-23-34-42-50-67(72)84-63(54-78-65(70)48-40-32-22-19-15-17-21-29-37-45-59(3)4)56-82-86(74,75)80-52-62(69)53-81-87(76,77)83-57-64(85-68(73)51-43-35-27-25-31-39-47-61(7)8)55-79-66(71)49-41-33-26-24-30-38-46-60(5)6/h58-64,69H,9-57H2,1-8H3,(H,74,75)(H,76,77)/t62-,63-,64-/m1/s1. The number of hydrogen-bond acceptors (Lipinski definition) is 15. The molecule has 0 aliphatic rings. The van der Waals surface area contributed by atoms with Crippen LogP contribution >= 0.6 is 15.6 Å². The second-order valence-corrected chi connectivity index (χ2v) is 29.4. The number of carbonyl (C=O) groups is 4. The Bertz CT molecular complexity index is 1730. The highest BCUT2D eigenvalue weighted by Crippen LogP contribution is 2.45. The Labute approximate surface area is 530 Å². The minimum absolute atomic E-state index is 0.101. The van der Waals surface area contributed by atoms with Gasteiger partial charge in [-0.15, -0.1) is 0 Å². The van der Waals surface area contributed by atoms with E-state index in [0.29, 0.717) is 37.5 Å². The van der Waals surface area contributed by atoms with Crippen molar-refractivity contribution in [2.75, 3.05) is 39.6 Å². The fourth-order valence-corrected chi connectivity index (χ4v) is 11.7. The molecular formula is C68H132O17P2. The third-order valence-corrected chi connectivity index (χ3v) is 17.5. The maximum absolute atomic E-state index is 13.0. The van der Waals surface area contributed by atoms with Gasteiger partial charge in [0.25, 0.3) is 0 Å². The number of aliphatic hydroxyl groups is 1. The fourth-order valence-electron chi connectivity index (χ4n) is 10.1. The summed E-state index contributed by atoms with van der Waals surface area (Å²) in [6.07, 6.45) is 39.3. The third kappa shape index (κ3) is 62.6. The number of rotatable bonds is 65. The number of aliphatic hydroxyl groups excluding tert-OH is 1. The molecule has 0 radical (unpaired) electrons. The molecule has 0 aliphatic heterocycles. The minimum atomic E-state index is -4.95. The highest BCUT2D eigenvalue weighted by atomic mass is 31.2. The van der Waals surface area contributed by atoms with Gasteiger partial charge < -0.3 is 33.8 Å². The van der Waals surface area contributed by atoms with E-state index >= 15 is 0 Å². The monoisotopic (exact) mass is 1280 g/mol. The Morgan fingerprint density at radius 3 is 0.713 bits per heavy atom. The van der Waals surface area contributed by atoms with Crippen molar-refractivity contribution in [1.82, 2.24) is 0 Å². The summed E-state index contributed by atoms with van der Waals surface area (Å²) in [4.78, 5) is 72.3. The lowest BCUT2D eigenvalue weighted by Gasteiger charge is -2.21. The van der Waals surface area contributed by atoms with E-state index in [-0.39, 0.29) is 25.7 Å². The normalized spacial score (nSPS) is 14.3. The highest BCUT2D eigenvalue weighted by Gasteiger charge is 2.30. The van der Waals surface area contributed by atoms with Gasteiger partial charge >= 0.3 is 39.5 Å². The molecule has 2 unspecified atom stereocenters. The molecule has 0 saturated carbocycles. The lowest BCUT2D eigenvalue weighted by molar-refractivity contribution is -0.161. The summed E-state index contributed by atoms with van der Waals surface area (Å²) in [5.74, 6) is 0.750. The van der Waals surface area contributed by atoms with E-state index in [0.717, 1.165) is 108 Å². The minimum Gasteiger partial charge on any atom is -0.462 e. The van der Waals surface area contributed by atoms with Crippen LogP contribution in [0.1, 0.15) is 331 Å². The van der Waals surface area contributed by atoms with Gasteiger partial charge in [0.2, 0.25) is 0 Å². The molecule has 0 aromatic rings. The van der Waals surface area contributed by atoms with Crippen molar-refractivity contribution >= 4 is 39.5 Å². The predicted octanol–water partition coefficient (Wildman–Crippen LogP) is 18.9. The molecule has 19 heteroatoms. The first kappa shape index (κ1) is 85.1. The quantitative estimate of drug-likeness (QED) is 0.0222. The van der Waals surface area contributed by atoms with Crippen molar-refractivity contribution in [2.45, 2.75) is 350 Å². The van der Waals surface area contributed by atoms with E-state index in [1.165, 1.54) is 128 Å². The van der Waals surface area contributed by atoms with Crippen molar-refractivity contribution in [2.24, 2.45) is 23.7 Å². The van der Waals surface area contributed by atoms with Crippen molar-refractivity contribution in [3.63, 3.8) is 0 Å². The molecule has 516 valence electrons. The van der Waals surface area contributed by atoms with Gasteiger partial charge in [0.1, 0.15) is 19.3 Å². The van der Waals surface area contributed by atoms with Crippen LogP contribution in [-0.2, 0) is 65.4 Å². The summed E-state index contributed by atoms with van der Waals surface area (Å²) >= 11 is 0. The molecule has 0 saturated heterocycles. The number of phosphoric acid groups is 2. The van der Waals surface area contributed by atoms with Crippen LogP contribution in [0.15, 0.2) is 0 Å². The van der Waals surface area contributed by atoms with Gasteiger partial charge in [0.05, 0.1) is 26.4 Å². The van der Waals surface area contributed by atoms with E-state index in [2.05, 4.69) is 55.4 Å². The van der Waals surface area contributed by atoms with Crippen LogP contribution < -0.4 is 0 Å². The Kier molecular flexibility index (Phi) is 56.6. The largest absolute Gasteiger partial charge is 0.472 e. The zero-order chi connectivity index (χ0) is 64.7. The van der Waals surface area contributed by atoms with Gasteiger partial charge in [-0.1, -0.05) is 280 Å². The maximum Gasteiger partial charge on any atom is 0.472 e. The molecule has 87 heavy (non-hydrogen) atoms. The first-order valence-corrected chi connectivity index (χ1v) is 38.2. The number of carbonyl (C=O) groups excluding carboxylic acids is 4. The van der Waals surface area contributed by atoms with Gasteiger partial charge in [-0.2, -0.15) is 0 Å². The van der Waals surface area contributed by atoms with Crippen LogP contribution in [0, 0.1) is 23.7 Å². The lowest BCUT2D eigenvalue weighted by atomic mass is 10.0. The summed E-state index contributed by atoms with van der Waals surface area (Å²) in [7, 11) is -9.90. The van der Waals surface area contributed by atoms with E-state index < -0.39 is 97.5 Å². The zero-order valence-corrected chi connectivity index (χ0v) is 58.4. The van der Waals surface area contributed by atoms with E-state index in [4.69, 9.17) is 37.0 Å². The van der Waals surface area contributed by atoms with Crippen LogP contribution in [0.5, 0.6) is 0 Å². The number of hydrogen-bond donors (Lipinski definition) is 3. The highest BCUT2D eigenvalue weighted by molar-refractivity contribution is 7.47. The number of esters is 4. The number of unbranched alkanes of at least 4 members (excludes halogenated alkanes) is 31. The molecule has 0 aliphatic carbocycles. The van der Waals surface area contributed by atoms with Crippen molar-refractivity contribution in [3.8, 4) is 0 Å². The lowest BCUT2D eigenvalue weighted by Crippen LogP contribution is -2.30. The molecule has 0 aromatic heterocycles. The molecule has 0 heterocycles. The Balaban J connectivity index is 5.22. The van der Waals surface area contributed by atoms with Crippen LogP contribution in [0.25, 0.3) is 0 Å². The second-order valence-electron chi connectivity index (χ2n) is 26.5. The Hall–Kier alpha value is -1.94. The Morgan fingerprint density at radius 1 is 0.287 bits per heavy atom. The molecule has 5 atom stereocenters. The zero-order valence-electron chi connectivity index (χ0n) is 56.6. The van der Waals surface area contributed by atoms with E-state index in [9.17, 15) is 43.2 Å². The van der Waals surface area contributed by atoms with Crippen LogP contribution in [0.4, 0.5) is 0 Å². The molecule has 0 bridgehead atoms. The first-order valence-electron chi connectivity index (χ1n) is 35.2. The van der Waals surface area contributed by atoms with E-state index in [1.807, 2.05) is 0 Å². The van der Waals surface area contributed by atoms with Gasteiger partial charge in [-0.3, -0.25) is 37.3 Å². The molecule has 0 rings (SSSR count).